The van der Waals surface area contributed by atoms with Gasteiger partial charge in [0.25, 0.3) is 0 Å². The Labute approximate surface area is 143 Å². The lowest BCUT2D eigenvalue weighted by Crippen LogP contribution is -2.10. The number of aromatic nitrogens is 2. The van der Waals surface area contributed by atoms with E-state index in [9.17, 15) is 4.79 Å². The quantitative estimate of drug-likeness (QED) is 0.781. The monoisotopic (exact) mass is 324 g/mol. The van der Waals surface area contributed by atoms with E-state index in [0.29, 0.717) is 18.0 Å². The summed E-state index contributed by atoms with van der Waals surface area (Å²) < 4.78 is 5.02. The van der Waals surface area contributed by atoms with Gasteiger partial charge >= 0.3 is 5.97 Å². The van der Waals surface area contributed by atoms with E-state index in [4.69, 9.17) is 4.74 Å². The molecule has 0 unspecified atom stereocenters. The van der Waals surface area contributed by atoms with Gasteiger partial charge in [-0.15, -0.1) is 0 Å². The minimum absolute atomic E-state index is 0.139. The van der Waals surface area contributed by atoms with Crippen LogP contribution >= 0.6 is 0 Å². The van der Waals surface area contributed by atoms with Gasteiger partial charge in [-0.3, -0.25) is 0 Å². The van der Waals surface area contributed by atoms with Crippen LogP contribution in [0.15, 0.2) is 30.6 Å². The first kappa shape index (κ1) is 17.9. The van der Waals surface area contributed by atoms with Crippen LogP contribution in [0.25, 0.3) is 12.2 Å². The maximum atomic E-state index is 11.9. The van der Waals surface area contributed by atoms with Gasteiger partial charge in [0.2, 0.25) is 0 Å². The van der Waals surface area contributed by atoms with Gasteiger partial charge in [-0.2, -0.15) is 0 Å². The molecule has 126 valence electrons. The molecule has 1 heterocycles. The molecule has 0 aliphatic heterocycles. The third kappa shape index (κ3) is 4.28. The van der Waals surface area contributed by atoms with E-state index in [0.717, 1.165) is 11.1 Å². The molecule has 0 aliphatic carbocycles. The van der Waals surface area contributed by atoms with Gasteiger partial charge in [0.05, 0.1) is 12.3 Å². The Hall–Kier alpha value is -2.49. The van der Waals surface area contributed by atoms with Crippen molar-refractivity contribution in [2.75, 3.05) is 6.61 Å². The van der Waals surface area contributed by atoms with Crippen molar-refractivity contribution in [3.05, 3.63) is 58.7 Å². The zero-order valence-electron chi connectivity index (χ0n) is 15.0. The van der Waals surface area contributed by atoms with E-state index in [-0.39, 0.29) is 5.41 Å². The molecule has 0 N–H and O–H groups in total. The van der Waals surface area contributed by atoms with E-state index in [1.54, 1.807) is 6.92 Å². The maximum Gasteiger partial charge on any atom is 0.357 e. The van der Waals surface area contributed by atoms with Gasteiger partial charge in [-0.05, 0) is 36.5 Å². The van der Waals surface area contributed by atoms with E-state index in [1.165, 1.54) is 11.9 Å². The fourth-order valence-corrected chi connectivity index (χ4v) is 2.31. The standard InChI is InChI=1S/C20H24N2O2/c1-6-24-19(23)18-14(2)17(21-13-22-18)12-9-15-7-10-16(11-8-15)20(3,4)5/h7-13H,6H2,1-5H3. The summed E-state index contributed by atoms with van der Waals surface area (Å²) in [4.78, 5) is 20.2. The number of hydrogen-bond donors (Lipinski definition) is 0. The molecular weight excluding hydrogens is 300 g/mol. The number of carbonyl (C=O) groups is 1. The van der Waals surface area contributed by atoms with Gasteiger partial charge in [-0.25, -0.2) is 14.8 Å². The van der Waals surface area contributed by atoms with Crippen molar-refractivity contribution >= 4 is 18.1 Å². The number of benzene rings is 1. The third-order valence-corrected chi connectivity index (χ3v) is 3.80. The average molecular weight is 324 g/mol. The molecule has 0 saturated carbocycles. The first-order valence-electron chi connectivity index (χ1n) is 8.10. The summed E-state index contributed by atoms with van der Waals surface area (Å²) >= 11 is 0. The molecule has 0 saturated heterocycles. The molecule has 0 amide bonds. The molecule has 0 radical (unpaired) electrons. The summed E-state index contributed by atoms with van der Waals surface area (Å²) in [5.41, 5.74) is 4.27. The van der Waals surface area contributed by atoms with E-state index < -0.39 is 5.97 Å². The summed E-state index contributed by atoms with van der Waals surface area (Å²) in [7, 11) is 0. The number of esters is 1. The van der Waals surface area contributed by atoms with Crippen LogP contribution in [0.1, 0.15) is 60.6 Å². The molecule has 0 aliphatic rings. The first-order chi connectivity index (χ1) is 11.3. The molecule has 4 nitrogen and oxygen atoms in total. The minimum atomic E-state index is -0.415. The highest BCUT2D eigenvalue weighted by Gasteiger charge is 2.14. The van der Waals surface area contributed by atoms with Crippen LogP contribution in [0.5, 0.6) is 0 Å². The van der Waals surface area contributed by atoms with Crippen LogP contribution in [0.4, 0.5) is 0 Å². The lowest BCUT2D eigenvalue weighted by Gasteiger charge is -2.18. The van der Waals surface area contributed by atoms with Crippen molar-refractivity contribution in [2.45, 2.75) is 40.0 Å². The van der Waals surface area contributed by atoms with Gasteiger partial charge in [-0.1, -0.05) is 51.1 Å². The second kappa shape index (κ2) is 7.39. The summed E-state index contributed by atoms with van der Waals surface area (Å²) in [5.74, 6) is -0.415. The SMILES string of the molecule is CCOC(=O)c1ncnc(C=Cc2ccc(C(C)(C)C)cc2)c1C. The Morgan fingerprint density at radius 3 is 2.38 bits per heavy atom. The summed E-state index contributed by atoms with van der Waals surface area (Å²) in [6.45, 7) is 10.5. The van der Waals surface area contributed by atoms with E-state index in [2.05, 4.69) is 55.0 Å². The molecule has 2 aromatic rings. The van der Waals surface area contributed by atoms with Crippen molar-refractivity contribution in [1.82, 2.24) is 9.97 Å². The number of carbonyl (C=O) groups excluding carboxylic acids is 1. The van der Waals surface area contributed by atoms with Crippen molar-refractivity contribution in [2.24, 2.45) is 0 Å². The van der Waals surface area contributed by atoms with Crippen LogP contribution in [0, 0.1) is 6.92 Å². The van der Waals surface area contributed by atoms with Gasteiger partial charge in [0.1, 0.15) is 6.33 Å². The van der Waals surface area contributed by atoms with Gasteiger partial charge < -0.3 is 4.74 Å². The Morgan fingerprint density at radius 2 is 1.79 bits per heavy atom. The highest BCUT2D eigenvalue weighted by molar-refractivity contribution is 5.90. The molecular formula is C20H24N2O2. The molecule has 2 rings (SSSR count). The van der Waals surface area contributed by atoms with Crippen LogP contribution in [0.2, 0.25) is 0 Å². The lowest BCUT2D eigenvalue weighted by molar-refractivity contribution is 0.0518. The van der Waals surface area contributed by atoms with E-state index >= 15 is 0 Å². The van der Waals surface area contributed by atoms with Crippen molar-refractivity contribution in [3.8, 4) is 0 Å². The highest BCUT2D eigenvalue weighted by atomic mass is 16.5. The average Bonchev–Trinajstić information content (AvgIpc) is 2.53. The zero-order valence-corrected chi connectivity index (χ0v) is 15.0. The lowest BCUT2D eigenvalue weighted by atomic mass is 9.87. The molecule has 0 atom stereocenters. The molecule has 24 heavy (non-hydrogen) atoms. The molecule has 1 aromatic carbocycles. The minimum Gasteiger partial charge on any atom is -0.461 e. The molecule has 1 aromatic heterocycles. The number of ether oxygens (including phenoxy) is 1. The Morgan fingerprint density at radius 1 is 1.12 bits per heavy atom. The van der Waals surface area contributed by atoms with Crippen molar-refractivity contribution in [3.63, 3.8) is 0 Å². The molecule has 4 heteroatoms. The highest BCUT2D eigenvalue weighted by Crippen LogP contribution is 2.22. The summed E-state index contributed by atoms with van der Waals surface area (Å²) in [5, 5.41) is 0. The third-order valence-electron chi connectivity index (χ3n) is 3.80. The second-order valence-corrected chi connectivity index (χ2v) is 6.66. The number of rotatable bonds is 4. The normalized spacial score (nSPS) is 11.7. The topological polar surface area (TPSA) is 52.1 Å². The van der Waals surface area contributed by atoms with Crippen LogP contribution in [-0.2, 0) is 10.2 Å². The molecule has 0 bridgehead atoms. The smallest absolute Gasteiger partial charge is 0.357 e. The van der Waals surface area contributed by atoms with Crippen LogP contribution < -0.4 is 0 Å². The fraction of sp³-hybridized carbons (Fsp3) is 0.350. The van der Waals surface area contributed by atoms with Crippen molar-refractivity contribution in [1.29, 1.82) is 0 Å². The predicted octanol–water partition coefficient (Wildman–Crippen LogP) is 4.43. The molecule has 0 fully saturated rings. The van der Waals surface area contributed by atoms with Crippen LogP contribution in [0.3, 0.4) is 0 Å². The summed E-state index contributed by atoms with van der Waals surface area (Å²) in [6, 6.07) is 8.44. The van der Waals surface area contributed by atoms with Gasteiger partial charge in [0.15, 0.2) is 5.69 Å². The van der Waals surface area contributed by atoms with Crippen molar-refractivity contribution < 1.29 is 9.53 Å². The van der Waals surface area contributed by atoms with Crippen LogP contribution in [-0.4, -0.2) is 22.5 Å². The summed E-state index contributed by atoms with van der Waals surface area (Å²) in [6.07, 6.45) is 5.27. The number of nitrogens with zero attached hydrogens (tertiary/aromatic N) is 2. The van der Waals surface area contributed by atoms with E-state index in [1.807, 2.05) is 19.1 Å². The fourth-order valence-electron chi connectivity index (χ4n) is 2.31. The zero-order chi connectivity index (χ0) is 17.7. The Kier molecular flexibility index (Phi) is 5.50. The Balaban J connectivity index is 2.23. The first-order valence-corrected chi connectivity index (χ1v) is 8.10. The largest absolute Gasteiger partial charge is 0.461 e. The molecule has 0 spiro atoms. The van der Waals surface area contributed by atoms with Gasteiger partial charge in [0, 0.05) is 5.56 Å². The second-order valence-electron chi connectivity index (χ2n) is 6.66. The Bertz CT molecular complexity index is 741. The maximum absolute atomic E-state index is 11.9. The predicted molar refractivity (Wildman–Crippen MR) is 96.8 cm³/mol. The number of hydrogen-bond acceptors (Lipinski definition) is 4.